The molecule has 0 N–H and O–H groups in total. The highest BCUT2D eigenvalue weighted by Gasteiger charge is 2.28. The molecule has 0 bridgehead atoms. The van der Waals surface area contributed by atoms with Crippen LogP contribution in [0.15, 0.2) is 0 Å². The second kappa shape index (κ2) is 4.51. The fraction of sp³-hybridized carbons (Fsp3) is 0.857. The van der Waals surface area contributed by atoms with E-state index in [4.69, 9.17) is 4.74 Å². The summed E-state index contributed by atoms with van der Waals surface area (Å²) in [6.45, 7) is 4.39. The average molecular weight is 176 g/mol. The van der Waals surface area contributed by atoms with Gasteiger partial charge in [0.1, 0.15) is 5.22 Å². The van der Waals surface area contributed by atoms with Crippen LogP contribution in [0.5, 0.6) is 0 Å². The molecule has 0 radical (unpaired) electrons. The second-order valence-corrected chi connectivity index (χ2v) is 4.76. The molecule has 11 heavy (non-hydrogen) atoms. The SMILES string of the molecule is CCCOC(C)([SiH3])C(=O)OC. The van der Waals surface area contributed by atoms with E-state index in [0.29, 0.717) is 16.8 Å². The molecular weight excluding hydrogens is 160 g/mol. The lowest BCUT2D eigenvalue weighted by Crippen LogP contribution is -2.40. The first-order valence-electron chi connectivity index (χ1n) is 3.77. The van der Waals surface area contributed by atoms with E-state index in [-0.39, 0.29) is 5.97 Å². The molecule has 0 spiro atoms. The molecule has 66 valence electrons. The van der Waals surface area contributed by atoms with Crippen molar-refractivity contribution < 1.29 is 14.3 Å². The number of ether oxygens (including phenoxy) is 2. The van der Waals surface area contributed by atoms with Crippen molar-refractivity contribution in [1.29, 1.82) is 0 Å². The van der Waals surface area contributed by atoms with Crippen LogP contribution in [-0.4, -0.2) is 35.2 Å². The summed E-state index contributed by atoms with van der Waals surface area (Å²) >= 11 is 0. The van der Waals surface area contributed by atoms with Crippen LogP contribution in [0.3, 0.4) is 0 Å². The van der Waals surface area contributed by atoms with Gasteiger partial charge < -0.3 is 9.47 Å². The van der Waals surface area contributed by atoms with Gasteiger partial charge in [0.2, 0.25) is 0 Å². The van der Waals surface area contributed by atoms with Crippen molar-refractivity contribution in [2.45, 2.75) is 25.5 Å². The number of hydrogen-bond acceptors (Lipinski definition) is 3. The van der Waals surface area contributed by atoms with Crippen LogP contribution >= 0.6 is 0 Å². The normalized spacial score (nSPS) is 15.9. The van der Waals surface area contributed by atoms with Gasteiger partial charge in [-0.1, -0.05) is 6.92 Å². The minimum Gasteiger partial charge on any atom is -0.467 e. The molecule has 0 rings (SSSR count). The maximum absolute atomic E-state index is 11.0. The third-order valence-electron chi connectivity index (χ3n) is 1.34. The smallest absolute Gasteiger partial charge is 0.333 e. The van der Waals surface area contributed by atoms with Crippen molar-refractivity contribution in [2.24, 2.45) is 0 Å². The van der Waals surface area contributed by atoms with Gasteiger partial charge in [-0.15, -0.1) is 0 Å². The summed E-state index contributed by atoms with van der Waals surface area (Å²) in [6, 6.07) is 0. The van der Waals surface area contributed by atoms with Crippen LogP contribution < -0.4 is 0 Å². The third-order valence-corrected chi connectivity index (χ3v) is 2.04. The predicted molar refractivity (Wildman–Crippen MR) is 46.6 cm³/mol. The highest BCUT2D eigenvalue weighted by Crippen LogP contribution is 2.07. The van der Waals surface area contributed by atoms with Crippen LogP contribution in [-0.2, 0) is 14.3 Å². The van der Waals surface area contributed by atoms with Gasteiger partial charge in [-0.2, -0.15) is 0 Å². The van der Waals surface area contributed by atoms with E-state index in [1.807, 2.05) is 6.92 Å². The summed E-state index contributed by atoms with van der Waals surface area (Å²) in [4.78, 5) is 11.0. The van der Waals surface area contributed by atoms with E-state index in [1.165, 1.54) is 7.11 Å². The van der Waals surface area contributed by atoms with Gasteiger partial charge in [-0.05, 0) is 13.3 Å². The van der Waals surface area contributed by atoms with Gasteiger partial charge in [0.25, 0.3) is 0 Å². The average Bonchev–Trinajstić information content (AvgIpc) is 1.99. The van der Waals surface area contributed by atoms with Crippen LogP contribution in [0, 0.1) is 0 Å². The lowest BCUT2D eigenvalue weighted by Gasteiger charge is -2.21. The van der Waals surface area contributed by atoms with Gasteiger partial charge in [0.05, 0.1) is 17.4 Å². The van der Waals surface area contributed by atoms with Crippen molar-refractivity contribution in [3.05, 3.63) is 0 Å². The summed E-state index contributed by atoms with van der Waals surface area (Å²) in [5, 5.41) is -0.662. The van der Waals surface area contributed by atoms with Crippen molar-refractivity contribution in [3.8, 4) is 0 Å². The molecule has 0 aromatic carbocycles. The minimum atomic E-state index is -0.662. The molecule has 0 fully saturated rings. The topological polar surface area (TPSA) is 35.5 Å². The lowest BCUT2D eigenvalue weighted by molar-refractivity contribution is -0.157. The number of carbonyl (C=O) groups is 1. The quantitative estimate of drug-likeness (QED) is 0.434. The highest BCUT2D eigenvalue weighted by molar-refractivity contribution is 6.25. The number of methoxy groups -OCH3 is 1. The predicted octanol–water partition coefficient (Wildman–Crippen LogP) is -0.332. The first-order chi connectivity index (χ1) is 5.04. The Balaban J connectivity index is 3.88. The van der Waals surface area contributed by atoms with E-state index in [2.05, 4.69) is 4.74 Å². The molecule has 0 aliphatic heterocycles. The first kappa shape index (κ1) is 10.6. The van der Waals surface area contributed by atoms with E-state index < -0.39 is 5.22 Å². The maximum atomic E-state index is 11.0. The van der Waals surface area contributed by atoms with Crippen LogP contribution in [0.1, 0.15) is 20.3 Å². The van der Waals surface area contributed by atoms with E-state index in [1.54, 1.807) is 6.92 Å². The van der Waals surface area contributed by atoms with Crippen molar-refractivity contribution in [3.63, 3.8) is 0 Å². The van der Waals surface area contributed by atoms with E-state index >= 15 is 0 Å². The molecule has 0 heterocycles. The molecule has 1 atom stereocenters. The van der Waals surface area contributed by atoms with Gasteiger partial charge in [0.15, 0.2) is 0 Å². The second-order valence-electron chi connectivity index (χ2n) is 2.85. The van der Waals surface area contributed by atoms with Gasteiger partial charge in [-0.25, -0.2) is 4.79 Å². The number of carbonyl (C=O) groups excluding carboxylic acids is 1. The number of esters is 1. The largest absolute Gasteiger partial charge is 0.467 e. The maximum Gasteiger partial charge on any atom is 0.333 e. The van der Waals surface area contributed by atoms with Crippen molar-refractivity contribution in [1.82, 2.24) is 0 Å². The monoisotopic (exact) mass is 176 g/mol. The van der Waals surface area contributed by atoms with Crippen LogP contribution in [0.2, 0.25) is 0 Å². The molecule has 0 saturated carbocycles. The first-order valence-corrected chi connectivity index (χ1v) is 4.77. The Bertz CT molecular complexity index is 134. The Morgan fingerprint density at radius 3 is 2.55 bits per heavy atom. The van der Waals surface area contributed by atoms with Gasteiger partial charge in [-0.3, -0.25) is 0 Å². The zero-order valence-corrected chi connectivity index (χ0v) is 9.64. The highest BCUT2D eigenvalue weighted by atomic mass is 28.1. The molecule has 0 amide bonds. The number of hydrogen-bond donors (Lipinski definition) is 0. The molecule has 0 saturated heterocycles. The molecule has 1 unspecified atom stereocenters. The molecule has 0 aliphatic rings. The summed E-state index contributed by atoms with van der Waals surface area (Å²) in [5.41, 5.74) is 0. The molecular formula is C7H16O3Si. The Morgan fingerprint density at radius 1 is 1.64 bits per heavy atom. The summed E-state index contributed by atoms with van der Waals surface area (Å²) < 4.78 is 9.90. The van der Waals surface area contributed by atoms with Crippen LogP contribution in [0.4, 0.5) is 0 Å². The Labute approximate surface area is 70.5 Å². The zero-order valence-electron chi connectivity index (χ0n) is 7.64. The van der Waals surface area contributed by atoms with Gasteiger partial charge >= 0.3 is 5.97 Å². The fourth-order valence-electron chi connectivity index (χ4n) is 0.662. The van der Waals surface area contributed by atoms with E-state index in [0.717, 1.165) is 6.42 Å². The lowest BCUT2D eigenvalue weighted by atomic mass is 10.4. The van der Waals surface area contributed by atoms with Crippen molar-refractivity contribution >= 4 is 16.2 Å². The Morgan fingerprint density at radius 2 is 2.18 bits per heavy atom. The van der Waals surface area contributed by atoms with E-state index in [9.17, 15) is 4.79 Å². The molecule has 3 nitrogen and oxygen atoms in total. The number of rotatable bonds is 4. The van der Waals surface area contributed by atoms with Gasteiger partial charge in [0, 0.05) is 6.61 Å². The summed E-state index contributed by atoms with van der Waals surface area (Å²) in [5.74, 6) is -0.266. The standard InChI is InChI=1S/C7H16O3Si/c1-4-5-10-7(2,11)6(8)9-3/h4-5H2,1-3,11H3. The fourth-order valence-corrected chi connectivity index (χ4v) is 1.07. The summed E-state index contributed by atoms with van der Waals surface area (Å²) in [7, 11) is 2.04. The molecule has 0 aromatic heterocycles. The molecule has 0 aliphatic carbocycles. The van der Waals surface area contributed by atoms with Crippen molar-refractivity contribution in [2.75, 3.05) is 13.7 Å². The minimum absolute atomic E-state index is 0.266. The Kier molecular flexibility index (Phi) is 4.36. The molecule has 0 aromatic rings. The van der Waals surface area contributed by atoms with Crippen LogP contribution in [0.25, 0.3) is 0 Å². The molecule has 4 heteroatoms. The summed E-state index contributed by atoms with van der Waals surface area (Å²) in [6.07, 6.45) is 0.925. The third kappa shape index (κ3) is 3.53. The Hall–Kier alpha value is -0.353. The zero-order chi connectivity index (χ0) is 8.91.